The first-order valence-electron chi connectivity index (χ1n) is 7.22. The van der Waals surface area contributed by atoms with Crippen molar-refractivity contribution in [2.24, 2.45) is 11.8 Å². The highest BCUT2D eigenvalue weighted by Gasteiger charge is 2.43. The minimum atomic E-state index is -0.930. The molecule has 2 aliphatic rings. The average Bonchev–Trinajstić information content (AvgIpc) is 2.94. The lowest BCUT2D eigenvalue weighted by Crippen LogP contribution is -2.37. The Hall–Kier alpha value is -1.56. The van der Waals surface area contributed by atoms with Crippen molar-refractivity contribution in [1.82, 2.24) is 9.88 Å². The van der Waals surface area contributed by atoms with Crippen LogP contribution in [-0.4, -0.2) is 40.1 Å². The predicted octanol–water partition coefficient (Wildman–Crippen LogP) is 1.98. The van der Waals surface area contributed by atoms with Gasteiger partial charge in [0.2, 0.25) is 0 Å². The van der Waals surface area contributed by atoms with Crippen molar-refractivity contribution in [3.8, 4) is 0 Å². The Morgan fingerprint density at radius 3 is 2.48 bits per heavy atom. The third-order valence-electron chi connectivity index (χ3n) is 4.84. The van der Waals surface area contributed by atoms with Gasteiger partial charge in [-0.25, -0.2) is 13.8 Å². The summed E-state index contributed by atoms with van der Waals surface area (Å²) in [4.78, 5) is 17.4. The molecule has 2 aliphatic carbocycles. The molecule has 1 amide bonds. The molecule has 0 aromatic carbocycles. The number of carbonyl (C=O) groups is 1. The summed E-state index contributed by atoms with van der Waals surface area (Å²) in [5.41, 5.74) is -0.337. The third kappa shape index (κ3) is 2.64. The fraction of sp³-hybridized carbons (Fsp3) is 0.600. The number of fused-ring (bicyclic) bond motifs is 1. The maximum atomic E-state index is 13.6. The van der Waals surface area contributed by atoms with Crippen LogP contribution in [0.3, 0.4) is 0 Å². The lowest BCUT2D eigenvalue weighted by molar-refractivity contribution is 0.0711. The van der Waals surface area contributed by atoms with Crippen molar-refractivity contribution < 1.29 is 18.7 Å². The maximum absolute atomic E-state index is 13.6. The van der Waals surface area contributed by atoms with Crippen molar-refractivity contribution in [1.29, 1.82) is 0 Å². The van der Waals surface area contributed by atoms with Crippen LogP contribution in [0, 0.1) is 23.5 Å². The number of aliphatic hydroxyl groups excluding tert-OH is 1. The van der Waals surface area contributed by atoms with E-state index in [0.717, 1.165) is 31.9 Å². The highest BCUT2D eigenvalue weighted by molar-refractivity contribution is 5.92. The Labute approximate surface area is 121 Å². The molecule has 3 rings (SSSR count). The van der Waals surface area contributed by atoms with Crippen molar-refractivity contribution >= 4 is 5.91 Å². The van der Waals surface area contributed by atoms with Gasteiger partial charge in [-0.2, -0.15) is 0 Å². The standard InChI is InChI=1S/C15H18F2N2O2/c1-19(11-2-8-4-12(20)5-9(8)3-11)15(21)14-13(17)6-10(16)7-18-14/h6-9,11-12,20H,2-5H2,1H3/t8-,9+,11?,12?. The van der Waals surface area contributed by atoms with Crippen LogP contribution in [-0.2, 0) is 0 Å². The van der Waals surface area contributed by atoms with Crippen LogP contribution < -0.4 is 0 Å². The predicted molar refractivity (Wildman–Crippen MR) is 71.5 cm³/mol. The van der Waals surface area contributed by atoms with E-state index in [2.05, 4.69) is 4.98 Å². The molecule has 0 radical (unpaired) electrons. The van der Waals surface area contributed by atoms with E-state index in [4.69, 9.17) is 0 Å². The van der Waals surface area contributed by atoms with Gasteiger partial charge in [0.15, 0.2) is 11.5 Å². The fourth-order valence-corrected chi connectivity index (χ4v) is 3.77. The number of hydrogen-bond acceptors (Lipinski definition) is 3. The van der Waals surface area contributed by atoms with E-state index < -0.39 is 17.5 Å². The summed E-state index contributed by atoms with van der Waals surface area (Å²) in [7, 11) is 1.63. The van der Waals surface area contributed by atoms with Gasteiger partial charge < -0.3 is 10.0 Å². The number of aliphatic hydroxyl groups is 1. The third-order valence-corrected chi connectivity index (χ3v) is 4.84. The first-order chi connectivity index (χ1) is 9.95. The van der Waals surface area contributed by atoms with Crippen molar-refractivity contribution in [3.05, 3.63) is 29.6 Å². The highest BCUT2D eigenvalue weighted by Crippen LogP contribution is 2.45. The van der Waals surface area contributed by atoms with Gasteiger partial charge in [-0.05, 0) is 37.5 Å². The number of hydrogen-bond donors (Lipinski definition) is 1. The monoisotopic (exact) mass is 296 g/mol. The first-order valence-corrected chi connectivity index (χ1v) is 7.22. The molecule has 4 nitrogen and oxygen atoms in total. The zero-order valence-corrected chi connectivity index (χ0v) is 11.8. The molecule has 1 aromatic heterocycles. The molecule has 0 aliphatic heterocycles. The van der Waals surface area contributed by atoms with Gasteiger partial charge >= 0.3 is 0 Å². The molecule has 21 heavy (non-hydrogen) atoms. The number of nitrogens with zero attached hydrogens (tertiary/aromatic N) is 2. The van der Waals surface area contributed by atoms with Gasteiger partial charge in [0.05, 0.1) is 12.3 Å². The highest BCUT2D eigenvalue weighted by atomic mass is 19.1. The van der Waals surface area contributed by atoms with E-state index in [-0.39, 0.29) is 17.8 Å². The average molecular weight is 296 g/mol. The van der Waals surface area contributed by atoms with Gasteiger partial charge in [-0.1, -0.05) is 0 Å². The molecule has 114 valence electrons. The molecule has 1 heterocycles. The Bertz CT molecular complexity index is 553. The quantitative estimate of drug-likeness (QED) is 0.908. The minimum Gasteiger partial charge on any atom is -0.393 e. The molecule has 0 bridgehead atoms. The first kappa shape index (κ1) is 14.4. The summed E-state index contributed by atoms with van der Waals surface area (Å²) in [5, 5.41) is 9.63. The zero-order valence-electron chi connectivity index (χ0n) is 11.8. The number of aromatic nitrogens is 1. The smallest absolute Gasteiger partial charge is 0.275 e. The van der Waals surface area contributed by atoms with Gasteiger partial charge in [-0.3, -0.25) is 4.79 Å². The summed E-state index contributed by atoms with van der Waals surface area (Å²) in [5.74, 6) is -1.37. The van der Waals surface area contributed by atoms with E-state index in [9.17, 15) is 18.7 Å². The van der Waals surface area contributed by atoms with Crippen LogP contribution in [0.4, 0.5) is 8.78 Å². The molecule has 1 aromatic rings. The van der Waals surface area contributed by atoms with Gasteiger partial charge in [0, 0.05) is 19.2 Å². The summed E-state index contributed by atoms with van der Waals surface area (Å²) in [6, 6.07) is 0.708. The van der Waals surface area contributed by atoms with Crippen LogP contribution in [0.2, 0.25) is 0 Å². The zero-order chi connectivity index (χ0) is 15.1. The fourth-order valence-electron chi connectivity index (χ4n) is 3.77. The van der Waals surface area contributed by atoms with Gasteiger partial charge in [0.1, 0.15) is 5.82 Å². The number of halogens is 2. The topological polar surface area (TPSA) is 53.4 Å². The van der Waals surface area contributed by atoms with Crippen LogP contribution >= 0.6 is 0 Å². The molecular weight excluding hydrogens is 278 g/mol. The lowest BCUT2D eigenvalue weighted by atomic mass is 10.0. The Balaban J connectivity index is 1.71. The minimum absolute atomic E-state index is 0.0336. The van der Waals surface area contributed by atoms with Crippen molar-refractivity contribution in [2.75, 3.05) is 7.05 Å². The van der Waals surface area contributed by atoms with E-state index in [1.54, 1.807) is 7.05 Å². The number of rotatable bonds is 2. The molecule has 6 heteroatoms. The largest absolute Gasteiger partial charge is 0.393 e. The van der Waals surface area contributed by atoms with Gasteiger partial charge in [0.25, 0.3) is 5.91 Å². The van der Waals surface area contributed by atoms with E-state index >= 15 is 0 Å². The summed E-state index contributed by atoms with van der Waals surface area (Å²) < 4.78 is 26.5. The SMILES string of the molecule is CN(C(=O)c1ncc(F)cc1F)C1C[C@H]2CC(O)C[C@H]2C1. The van der Waals surface area contributed by atoms with Gasteiger partial charge in [-0.15, -0.1) is 0 Å². The molecule has 2 fully saturated rings. The second kappa shape index (κ2) is 5.33. The van der Waals surface area contributed by atoms with Crippen LogP contribution in [0.15, 0.2) is 12.3 Å². The summed E-state index contributed by atoms with van der Waals surface area (Å²) >= 11 is 0. The Morgan fingerprint density at radius 1 is 1.29 bits per heavy atom. The maximum Gasteiger partial charge on any atom is 0.275 e. The van der Waals surface area contributed by atoms with Crippen molar-refractivity contribution in [3.63, 3.8) is 0 Å². The lowest BCUT2D eigenvalue weighted by Gasteiger charge is -2.25. The van der Waals surface area contributed by atoms with Crippen LogP contribution in [0.5, 0.6) is 0 Å². The number of pyridine rings is 1. The number of carbonyl (C=O) groups excluding carboxylic acids is 1. The number of amides is 1. The molecule has 0 saturated heterocycles. The normalized spacial score (nSPS) is 31.2. The Morgan fingerprint density at radius 2 is 1.90 bits per heavy atom. The second-order valence-corrected chi connectivity index (χ2v) is 6.17. The second-order valence-electron chi connectivity index (χ2n) is 6.17. The molecule has 1 N–H and O–H groups in total. The van der Waals surface area contributed by atoms with Crippen LogP contribution in [0.1, 0.15) is 36.2 Å². The summed E-state index contributed by atoms with van der Waals surface area (Å²) in [6.45, 7) is 0. The van der Waals surface area contributed by atoms with E-state index in [0.29, 0.717) is 17.9 Å². The van der Waals surface area contributed by atoms with Crippen LogP contribution in [0.25, 0.3) is 0 Å². The molecule has 4 atom stereocenters. The van der Waals surface area contributed by atoms with E-state index in [1.165, 1.54) is 4.90 Å². The molecule has 2 unspecified atom stereocenters. The summed E-state index contributed by atoms with van der Waals surface area (Å²) in [6.07, 6.45) is 3.85. The molecule has 0 spiro atoms. The molecule has 2 saturated carbocycles. The van der Waals surface area contributed by atoms with Crippen molar-refractivity contribution in [2.45, 2.75) is 37.8 Å². The van der Waals surface area contributed by atoms with E-state index in [1.807, 2.05) is 0 Å². The Kier molecular flexibility index (Phi) is 3.65. The molecular formula is C15H18F2N2O2.